The third kappa shape index (κ3) is 2.11. The van der Waals surface area contributed by atoms with Crippen LogP contribution < -0.4 is 10.5 Å². The summed E-state index contributed by atoms with van der Waals surface area (Å²) in [5, 5.41) is 0. The number of nitrogens with two attached hydrogens (primary N) is 1. The molecule has 1 aromatic rings. The Morgan fingerprint density at radius 3 is 2.92 bits per heavy atom. The lowest BCUT2D eigenvalue weighted by Crippen LogP contribution is -2.02. The van der Waals surface area contributed by atoms with Crippen LogP contribution in [0.4, 0.5) is 5.69 Å². The molecule has 2 rings (SSSR count). The maximum atomic E-state index is 5.64. The number of ether oxygens (including phenoxy) is 1. The third-order valence-corrected chi connectivity index (χ3v) is 2.26. The van der Waals surface area contributed by atoms with Gasteiger partial charge in [-0.05, 0) is 31.7 Å². The largest absolute Gasteiger partial charge is 0.477 e. The summed E-state index contributed by atoms with van der Waals surface area (Å²) in [6, 6.07) is 3.66. The molecule has 1 aromatic heterocycles. The van der Waals surface area contributed by atoms with Gasteiger partial charge in [0, 0.05) is 6.07 Å². The summed E-state index contributed by atoms with van der Waals surface area (Å²) < 4.78 is 5.50. The number of rotatable bonds is 3. The first kappa shape index (κ1) is 8.35. The van der Waals surface area contributed by atoms with Crippen molar-refractivity contribution in [3.8, 4) is 5.88 Å². The van der Waals surface area contributed by atoms with E-state index >= 15 is 0 Å². The lowest BCUT2D eigenvalue weighted by atomic mass is 10.3. The van der Waals surface area contributed by atoms with Crippen molar-refractivity contribution >= 4 is 5.69 Å². The molecule has 3 heteroatoms. The summed E-state index contributed by atoms with van der Waals surface area (Å²) >= 11 is 0. The molecule has 13 heavy (non-hydrogen) atoms. The molecule has 3 nitrogen and oxygen atoms in total. The topological polar surface area (TPSA) is 48.1 Å². The quantitative estimate of drug-likeness (QED) is 0.767. The van der Waals surface area contributed by atoms with E-state index in [2.05, 4.69) is 4.98 Å². The number of hydrogen-bond acceptors (Lipinski definition) is 3. The minimum absolute atomic E-state index is 0.693. The van der Waals surface area contributed by atoms with Gasteiger partial charge in [-0.15, -0.1) is 0 Å². The number of aryl methyl sites for hydroxylation is 1. The van der Waals surface area contributed by atoms with Crippen LogP contribution in [-0.2, 0) is 0 Å². The van der Waals surface area contributed by atoms with E-state index in [0.717, 1.165) is 23.9 Å². The first-order valence-corrected chi connectivity index (χ1v) is 4.61. The van der Waals surface area contributed by atoms with Gasteiger partial charge in [0.1, 0.15) is 0 Å². The maximum absolute atomic E-state index is 5.64. The van der Waals surface area contributed by atoms with Gasteiger partial charge >= 0.3 is 0 Å². The van der Waals surface area contributed by atoms with Crippen molar-refractivity contribution < 1.29 is 4.74 Å². The highest BCUT2D eigenvalue weighted by Gasteiger charge is 2.22. The van der Waals surface area contributed by atoms with Gasteiger partial charge in [0.05, 0.1) is 18.0 Å². The van der Waals surface area contributed by atoms with Crippen LogP contribution in [0.2, 0.25) is 0 Å². The maximum Gasteiger partial charge on any atom is 0.213 e. The van der Waals surface area contributed by atoms with E-state index in [1.54, 1.807) is 0 Å². The molecule has 0 aromatic carbocycles. The Morgan fingerprint density at radius 2 is 2.31 bits per heavy atom. The zero-order valence-electron chi connectivity index (χ0n) is 7.79. The summed E-state index contributed by atoms with van der Waals surface area (Å²) in [6.07, 6.45) is 2.60. The smallest absolute Gasteiger partial charge is 0.213 e. The Labute approximate surface area is 77.9 Å². The van der Waals surface area contributed by atoms with Gasteiger partial charge in [-0.1, -0.05) is 0 Å². The van der Waals surface area contributed by atoms with E-state index < -0.39 is 0 Å². The molecule has 0 spiro atoms. The molecule has 0 atom stereocenters. The first-order valence-electron chi connectivity index (χ1n) is 4.61. The van der Waals surface area contributed by atoms with Crippen molar-refractivity contribution in [3.63, 3.8) is 0 Å². The summed E-state index contributed by atoms with van der Waals surface area (Å²) in [5.74, 6) is 1.46. The highest BCUT2D eigenvalue weighted by atomic mass is 16.5. The molecule has 0 aliphatic heterocycles. The Kier molecular flexibility index (Phi) is 2.08. The molecule has 0 amide bonds. The standard InChI is InChI=1S/C10H14N2O/c1-7-9(11)4-5-10(12-7)13-6-8-2-3-8/h4-5,8H,2-3,6,11H2,1H3. The van der Waals surface area contributed by atoms with Gasteiger partial charge < -0.3 is 10.5 Å². The van der Waals surface area contributed by atoms with Crippen LogP contribution in [0, 0.1) is 12.8 Å². The third-order valence-electron chi connectivity index (χ3n) is 2.26. The fourth-order valence-electron chi connectivity index (χ4n) is 1.12. The summed E-state index contributed by atoms with van der Waals surface area (Å²) in [7, 11) is 0. The van der Waals surface area contributed by atoms with Crippen LogP contribution in [-0.4, -0.2) is 11.6 Å². The van der Waals surface area contributed by atoms with Gasteiger partial charge in [-0.2, -0.15) is 0 Å². The normalized spacial score (nSPS) is 15.8. The average molecular weight is 178 g/mol. The minimum atomic E-state index is 0.693. The number of hydrogen-bond donors (Lipinski definition) is 1. The average Bonchev–Trinajstić information content (AvgIpc) is 2.91. The number of anilines is 1. The van der Waals surface area contributed by atoms with Crippen molar-refractivity contribution in [2.75, 3.05) is 12.3 Å². The second-order valence-corrected chi connectivity index (χ2v) is 3.58. The van der Waals surface area contributed by atoms with Crippen molar-refractivity contribution in [1.29, 1.82) is 0 Å². The molecule has 0 radical (unpaired) electrons. The van der Waals surface area contributed by atoms with Gasteiger partial charge in [0.15, 0.2) is 0 Å². The van der Waals surface area contributed by atoms with Crippen molar-refractivity contribution in [1.82, 2.24) is 4.98 Å². The van der Waals surface area contributed by atoms with Crippen LogP contribution in [0.1, 0.15) is 18.5 Å². The molecule has 70 valence electrons. The molecule has 0 bridgehead atoms. The zero-order chi connectivity index (χ0) is 9.26. The molecule has 1 saturated carbocycles. The second kappa shape index (κ2) is 3.24. The van der Waals surface area contributed by atoms with Crippen molar-refractivity contribution in [2.24, 2.45) is 5.92 Å². The first-order chi connectivity index (χ1) is 6.25. The van der Waals surface area contributed by atoms with Gasteiger partial charge in [-0.3, -0.25) is 0 Å². The summed E-state index contributed by atoms with van der Waals surface area (Å²) in [5.41, 5.74) is 7.20. The van der Waals surface area contributed by atoms with Gasteiger partial charge in [-0.25, -0.2) is 4.98 Å². The Balaban J connectivity index is 1.98. The summed E-state index contributed by atoms with van der Waals surface area (Å²) in [6.45, 7) is 2.69. The molecule has 2 N–H and O–H groups in total. The predicted molar refractivity (Wildman–Crippen MR) is 51.6 cm³/mol. The molecular weight excluding hydrogens is 164 g/mol. The zero-order valence-corrected chi connectivity index (χ0v) is 7.79. The molecule has 0 saturated heterocycles. The van der Waals surface area contributed by atoms with Crippen LogP contribution >= 0.6 is 0 Å². The molecular formula is C10H14N2O. The van der Waals surface area contributed by atoms with E-state index in [1.807, 2.05) is 19.1 Å². The number of pyridine rings is 1. The molecule has 1 fully saturated rings. The van der Waals surface area contributed by atoms with Crippen LogP contribution in [0.5, 0.6) is 5.88 Å². The van der Waals surface area contributed by atoms with Crippen molar-refractivity contribution in [2.45, 2.75) is 19.8 Å². The lowest BCUT2D eigenvalue weighted by Gasteiger charge is -2.05. The fourth-order valence-corrected chi connectivity index (χ4v) is 1.12. The van der Waals surface area contributed by atoms with Crippen LogP contribution in [0.3, 0.4) is 0 Å². The van der Waals surface area contributed by atoms with E-state index in [1.165, 1.54) is 12.8 Å². The van der Waals surface area contributed by atoms with E-state index in [0.29, 0.717) is 5.88 Å². The molecule has 0 unspecified atom stereocenters. The van der Waals surface area contributed by atoms with Crippen molar-refractivity contribution in [3.05, 3.63) is 17.8 Å². The minimum Gasteiger partial charge on any atom is -0.477 e. The SMILES string of the molecule is Cc1nc(OCC2CC2)ccc1N. The number of nitrogen functional groups attached to an aromatic ring is 1. The monoisotopic (exact) mass is 178 g/mol. The lowest BCUT2D eigenvalue weighted by molar-refractivity contribution is 0.288. The molecule has 1 heterocycles. The molecule has 1 aliphatic carbocycles. The highest BCUT2D eigenvalue weighted by Crippen LogP contribution is 2.29. The van der Waals surface area contributed by atoms with E-state index in [9.17, 15) is 0 Å². The summed E-state index contributed by atoms with van der Waals surface area (Å²) in [4.78, 5) is 4.23. The predicted octanol–water partition coefficient (Wildman–Crippen LogP) is 1.76. The number of aromatic nitrogens is 1. The fraction of sp³-hybridized carbons (Fsp3) is 0.500. The highest BCUT2D eigenvalue weighted by molar-refractivity contribution is 5.43. The van der Waals surface area contributed by atoms with Gasteiger partial charge in [0.2, 0.25) is 5.88 Å². The Hall–Kier alpha value is -1.25. The number of nitrogens with zero attached hydrogens (tertiary/aromatic N) is 1. The second-order valence-electron chi connectivity index (χ2n) is 3.58. The van der Waals surface area contributed by atoms with Crippen LogP contribution in [0.25, 0.3) is 0 Å². The van der Waals surface area contributed by atoms with E-state index in [4.69, 9.17) is 10.5 Å². The van der Waals surface area contributed by atoms with Gasteiger partial charge in [0.25, 0.3) is 0 Å². The van der Waals surface area contributed by atoms with Crippen LogP contribution in [0.15, 0.2) is 12.1 Å². The molecule has 1 aliphatic rings. The Bertz CT molecular complexity index is 308. The Morgan fingerprint density at radius 1 is 1.54 bits per heavy atom. The van der Waals surface area contributed by atoms with E-state index in [-0.39, 0.29) is 0 Å².